The van der Waals surface area contributed by atoms with E-state index in [1.807, 2.05) is 68.4 Å². The number of nitrogens with zero attached hydrogens (tertiary/aromatic N) is 4. The van der Waals surface area contributed by atoms with E-state index in [4.69, 9.17) is 11.5 Å². The monoisotopic (exact) mass is 472 g/mol. The molecule has 4 heterocycles. The van der Waals surface area contributed by atoms with E-state index in [-0.39, 0.29) is 0 Å². The lowest BCUT2D eigenvalue weighted by Gasteiger charge is -2.16. The number of aromatic nitrogens is 4. The second-order valence-electron chi connectivity index (χ2n) is 9.01. The van der Waals surface area contributed by atoms with Gasteiger partial charge in [0, 0.05) is 23.2 Å². The number of carbonyl (C=O) groups is 1. The fourth-order valence-electron chi connectivity index (χ4n) is 5.06. The van der Waals surface area contributed by atoms with Gasteiger partial charge in [0.1, 0.15) is 0 Å². The van der Waals surface area contributed by atoms with Crippen molar-refractivity contribution in [2.75, 3.05) is 5.73 Å². The standard InChI is InChI=1S/C29H24N6O/c1-17-11-19-15-24(22-7-3-5-9-32-22)34(27(19)21(30)13-17)26-14-18(2)12-20-16-25(23-8-4-6-10-33-23)35(28(20)26)29(31)36/h3-16H,30H2,1-2H3,(H2,31,36). The summed E-state index contributed by atoms with van der Waals surface area (Å²) in [6.07, 6.45) is 3.47. The average Bonchev–Trinajstić information content (AvgIpc) is 3.44. The highest BCUT2D eigenvalue weighted by molar-refractivity contribution is 6.04. The smallest absolute Gasteiger partial charge is 0.324 e. The molecule has 7 heteroatoms. The number of aryl methyl sites for hydroxylation is 2. The maximum Gasteiger partial charge on any atom is 0.324 e. The molecule has 2 aromatic carbocycles. The van der Waals surface area contributed by atoms with E-state index in [2.05, 4.69) is 32.7 Å². The minimum Gasteiger partial charge on any atom is -0.397 e. The highest BCUT2D eigenvalue weighted by Gasteiger charge is 2.23. The van der Waals surface area contributed by atoms with Gasteiger partial charge in [-0.2, -0.15) is 0 Å². The van der Waals surface area contributed by atoms with Crippen LogP contribution < -0.4 is 11.5 Å². The maximum absolute atomic E-state index is 12.9. The van der Waals surface area contributed by atoms with Crippen molar-refractivity contribution in [3.05, 3.63) is 96.3 Å². The summed E-state index contributed by atoms with van der Waals surface area (Å²) in [5.41, 5.74) is 20.6. The summed E-state index contributed by atoms with van der Waals surface area (Å²) in [6, 6.07) is 23.0. The fourth-order valence-corrected chi connectivity index (χ4v) is 5.06. The molecule has 0 saturated carbocycles. The number of rotatable bonds is 3. The Bertz CT molecular complexity index is 1780. The average molecular weight is 473 g/mol. The van der Waals surface area contributed by atoms with Crippen LogP contribution in [-0.2, 0) is 0 Å². The molecular formula is C29H24N6O. The van der Waals surface area contributed by atoms with Gasteiger partial charge in [0.2, 0.25) is 0 Å². The number of fused-ring (bicyclic) bond motifs is 2. The number of primary amides is 1. The van der Waals surface area contributed by atoms with Crippen LogP contribution in [0.4, 0.5) is 10.5 Å². The summed E-state index contributed by atoms with van der Waals surface area (Å²) in [5, 5.41) is 1.87. The lowest BCUT2D eigenvalue weighted by molar-refractivity contribution is 0.251. The first-order chi connectivity index (χ1) is 17.4. The van der Waals surface area contributed by atoms with E-state index in [1.165, 1.54) is 4.57 Å². The number of carbonyl (C=O) groups excluding carboxylic acids is 1. The van der Waals surface area contributed by atoms with E-state index < -0.39 is 6.03 Å². The van der Waals surface area contributed by atoms with Crippen LogP contribution in [0.2, 0.25) is 0 Å². The molecular weight excluding hydrogens is 448 g/mol. The van der Waals surface area contributed by atoms with Crippen LogP contribution >= 0.6 is 0 Å². The van der Waals surface area contributed by atoms with Crippen molar-refractivity contribution >= 4 is 33.5 Å². The van der Waals surface area contributed by atoms with Crippen LogP contribution in [0, 0.1) is 13.8 Å². The zero-order chi connectivity index (χ0) is 25.0. The van der Waals surface area contributed by atoms with Gasteiger partial charge in [-0.25, -0.2) is 4.79 Å². The van der Waals surface area contributed by atoms with E-state index in [1.54, 1.807) is 12.4 Å². The van der Waals surface area contributed by atoms with Crippen LogP contribution in [0.5, 0.6) is 0 Å². The number of anilines is 1. The molecule has 0 bridgehead atoms. The Morgan fingerprint density at radius 2 is 1.33 bits per heavy atom. The topological polar surface area (TPSA) is 105 Å². The molecule has 0 radical (unpaired) electrons. The molecule has 0 atom stereocenters. The summed E-state index contributed by atoms with van der Waals surface area (Å²) in [6.45, 7) is 4.06. The Balaban J connectivity index is 1.79. The molecule has 0 spiro atoms. The molecule has 176 valence electrons. The molecule has 1 amide bonds. The first-order valence-electron chi connectivity index (χ1n) is 11.6. The Hall–Kier alpha value is -4.91. The van der Waals surface area contributed by atoms with Gasteiger partial charge in [-0.1, -0.05) is 12.1 Å². The third-order valence-electron chi connectivity index (χ3n) is 6.41. The first kappa shape index (κ1) is 21.6. The summed E-state index contributed by atoms with van der Waals surface area (Å²) < 4.78 is 3.62. The van der Waals surface area contributed by atoms with Crippen LogP contribution in [0.1, 0.15) is 11.1 Å². The predicted octanol–water partition coefficient (Wildman–Crippen LogP) is 5.84. The minimum atomic E-state index is -0.588. The van der Waals surface area contributed by atoms with Gasteiger partial charge in [0.15, 0.2) is 0 Å². The number of benzene rings is 2. The van der Waals surface area contributed by atoms with Crippen molar-refractivity contribution in [1.82, 2.24) is 19.1 Å². The zero-order valence-electron chi connectivity index (χ0n) is 19.9. The molecule has 0 aliphatic heterocycles. The van der Waals surface area contributed by atoms with Crippen LogP contribution in [0.25, 0.3) is 50.3 Å². The summed E-state index contributed by atoms with van der Waals surface area (Å²) in [7, 11) is 0. The Kier molecular flexibility index (Phi) is 4.86. The number of hydrogen-bond donors (Lipinski definition) is 2. The molecule has 6 rings (SSSR count). The number of pyridine rings is 2. The third-order valence-corrected chi connectivity index (χ3v) is 6.41. The largest absolute Gasteiger partial charge is 0.397 e. The van der Waals surface area contributed by atoms with Gasteiger partial charge in [-0.15, -0.1) is 0 Å². The molecule has 6 aromatic rings. The fraction of sp³-hybridized carbons (Fsp3) is 0.0690. The van der Waals surface area contributed by atoms with Crippen molar-refractivity contribution in [3.8, 4) is 28.5 Å². The van der Waals surface area contributed by atoms with Gasteiger partial charge in [-0.3, -0.25) is 14.5 Å². The lowest BCUT2D eigenvalue weighted by Crippen LogP contribution is -2.21. The lowest BCUT2D eigenvalue weighted by atomic mass is 10.1. The SMILES string of the molecule is Cc1cc(-n2c(-c3ccccn3)cc3cc(C)cc(N)c32)c2c(c1)cc(-c1ccccn1)n2C(N)=O. The quantitative estimate of drug-likeness (QED) is 0.316. The summed E-state index contributed by atoms with van der Waals surface area (Å²) in [5.74, 6) is 0. The van der Waals surface area contributed by atoms with Crippen LogP contribution in [-0.4, -0.2) is 25.1 Å². The molecule has 0 fully saturated rings. The minimum absolute atomic E-state index is 0.588. The molecule has 0 unspecified atom stereocenters. The summed E-state index contributed by atoms with van der Waals surface area (Å²) >= 11 is 0. The molecule has 7 nitrogen and oxygen atoms in total. The normalized spacial score (nSPS) is 11.4. The second-order valence-corrected chi connectivity index (χ2v) is 9.01. The van der Waals surface area contributed by atoms with Crippen molar-refractivity contribution in [2.45, 2.75) is 13.8 Å². The van der Waals surface area contributed by atoms with Gasteiger partial charge in [0.05, 0.1) is 45.2 Å². The van der Waals surface area contributed by atoms with Gasteiger partial charge < -0.3 is 16.0 Å². The van der Waals surface area contributed by atoms with E-state index in [0.717, 1.165) is 44.5 Å². The molecule has 0 aliphatic rings. The van der Waals surface area contributed by atoms with E-state index in [0.29, 0.717) is 22.6 Å². The molecule has 0 saturated heterocycles. The Morgan fingerprint density at radius 1 is 0.750 bits per heavy atom. The number of nitrogen functional groups attached to an aromatic ring is 1. The second kappa shape index (κ2) is 8.09. The predicted molar refractivity (Wildman–Crippen MR) is 144 cm³/mol. The summed E-state index contributed by atoms with van der Waals surface area (Å²) in [4.78, 5) is 22.0. The van der Waals surface area contributed by atoms with Crippen molar-refractivity contribution in [2.24, 2.45) is 5.73 Å². The third kappa shape index (κ3) is 3.32. The molecule has 4 aromatic heterocycles. The number of nitrogens with two attached hydrogens (primary N) is 2. The van der Waals surface area contributed by atoms with Crippen LogP contribution in [0.15, 0.2) is 85.2 Å². The van der Waals surface area contributed by atoms with Crippen molar-refractivity contribution in [3.63, 3.8) is 0 Å². The molecule has 4 N–H and O–H groups in total. The van der Waals surface area contributed by atoms with E-state index >= 15 is 0 Å². The molecule has 0 aliphatic carbocycles. The molecule has 36 heavy (non-hydrogen) atoms. The Morgan fingerprint density at radius 3 is 1.94 bits per heavy atom. The van der Waals surface area contributed by atoms with E-state index in [9.17, 15) is 4.79 Å². The number of hydrogen-bond acceptors (Lipinski definition) is 4. The van der Waals surface area contributed by atoms with Crippen molar-refractivity contribution < 1.29 is 4.79 Å². The van der Waals surface area contributed by atoms with Crippen molar-refractivity contribution in [1.29, 1.82) is 0 Å². The highest BCUT2D eigenvalue weighted by Crippen LogP contribution is 2.39. The highest BCUT2D eigenvalue weighted by atomic mass is 16.2. The van der Waals surface area contributed by atoms with Crippen LogP contribution in [0.3, 0.4) is 0 Å². The Labute approximate surface area is 207 Å². The first-order valence-corrected chi connectivity index (χ1v) is 11.6. The number of amides is 1. The van der Waals surface area contributed by atoms with Gasteiger partial charge >= 0.3 is 6.03 Å². The maximum atomic E-state index is 12.9. The van der Waals surface area contributed by atoms with Gasteiger partial charge in [-0.05, 0) is 85.6 Å². The zero-order valence-corrected chi connectivity index (χ0v) is 19.9. The van der Waals surface area contributed by atoms with Gasteiger partial charge in [0.25, 0.3) is 0 Å².